The van der Waals surface area contributed by atoms with Gasteiger partial charge >= 0.3 is 0 Å². The molecule has 29 heavy (non-hydrogen) atoms. The van der Waals surface area contributed by atoms with E-state index in [4.69, 9.17) is 4.98 Å². The number of carbonyl (C=O) groups is 2. The number of hydrogen-bond donors (Lipinski definition) is 1. The topological polar surface area (TPSA) is 64.0 Å². The van der Waals surface area contributed by atoms with Gasteiger partial charge in [0.1, 0.15) is 0 Å². The molecule has 5 nitrogen and oxygen atoms in total. The summed E-state index contributed by atoms with van der Waals surface area (Å²) in [6, 6.07) is 11.9. The molecule has 0 bridgehead atoms. The van der Waals surface area contributed by atoms with E-state index in [0.717, 1.165) is 38.9 Å². The van der Waals surface area contributed by atoms with Crippen LogP contribution in [0.5, 0.6) is 0 Å². The molecule has 0 saturated carbocycles. The fraction of sp³-hybridized carbons (Fsp3) is 0.409. The number of ketones is 1. The summed E-state index contributed by atoms with van der Waals surface area (Å²) in [6.45, 7) is 5.10. The van der Waals surface area contributed by atoms with Crippen LogP contribution >= 0.6 is 23.1 Å². The number of aryl methyl sites for hydroxylation is 1. The number of nitrogens with one attached hydrogen (secondary N) is 1. The second-order valence-electron chi connectivity index (χ2n) is 6.98. The first-order valence-corrected chi connectivity index (χ1v) is 11.8. The van der Waals surface area contributed by atoms with Gasteiger partial charge in [-0.1, -0.05) is 50.1 Å². The summed E-state index contributed by atoms with van der Waals surface area (Å²) in [6.07, 6.45) is 4.78. The standard InChI is InChI=1S/C22H27N3O2S2/c1-3-4-5-8-13-25-19-10-7-6-9-18(19)24-22(25)28-15-20(27)21-12-11-17(29-21)14-23-16(2)26/h6-7,9-12H,3-5,8,13-15H2,1-2H3,(H,23,26). The van der Waals surface area contributed by atoms with Crippen LogP contribution in [-0.4, -0.2) is 27.0 Å². The number of unbranched alkanes of at least 4 members (excludes halogenated alkanes) is 3. The monoisotopic (exact) mass is 429 g/mol. The summed E-state index contributed by atoms with van der Waals surface area (Å²) in [5.41, 5.74) is 2.11. The number of thiophene rings is 1. The number of Topliss-reactive ketones (excluding diaryl/α,β-unsaturated/α-hetero) is 1. The fourth-order valence-electron chi connectivity index (χ4n) is 3.11. The second kappa shape index (κ2) is 10.6. The van der Waals surface area contributed by atoms with Gasteiger partial charge in [-0.15, -0.1) is 11.3 Å². The van der Waals surface area contributed by atoms with Crippen LogP contribution in [0.3, 0.4) is 0 Å². The number of fused-ring (bicyclic) bond motifs is 1. The normalized spacial score (nSPS) is 11.1. The lowest BCUT2D eigenvalue weighted by molar-refractivity contribution is -0.119. The van der Waals surface area contributed by atoms with Crippen molar-refractivity contribution in [2.75, 3.05) is 5.75 Å². The van der Waals surface area contributed by atoms with E-state index < -0.39 is 0 Å². The van der Waals surface area contributed by atoms with E-state index in [1.165, 1.54) is 49.3 Å². The van der Waals surface area contributed by atoms with E-state index in [1.54, 1.807) is 0 Å². The van der Waals surface area contributed by atoms with Crippen LogP contribution in [-0.2, 0) is 17.9 Å². The van der Waals surface area contributed by atoms with Gasteiger partial charge in [-0.05, 0) is 30.7 Å². The fourth-order valence-corrected chi connectivity index (χ4v) is 5.01. The van der Waals surface area contributed by atoms with Crippen LogP contribution in [0.15, 0.2) is 41.6 Å². The lowest BCUT2D eigenvalue weighted by Gasteiger charge is -2.08. The number of para-hydroxylation sites is 2. The number of nitrogens with zero attached hydrogens (tertiary/aromatic N) is 2. The summed E-state index contributed by atoms with van der Waals surface area (Å²) in [5, 5.41) is 3.67. The van der Waals surface area contributed by atoms with Crippen molar-refractivity contribution in [3.8, 4) is 0 Å². The van der Waals surface area contributed by atoms with E-state index in [2.05, 4.69) is 22.9 Å². The maximum atomic E-state index is 12.7. The summed E-state index contributed by atoms with van der Waals surface area (Å²) in [4.78, 5) is 30.2. The van der Waals surface area contributed by atoms with Crippen LogP contribution < -0.4 is 5.32 Å². The Kier molecular flexibility index (Phi) is 7.89. The quantitative estimate of drug-likeness (QED) is 0.256. The molecule has 0 aliphatic rings. The summed E-state index contributed by atoms with van der Waals surface area (Å²) >= 11 is 2.95. The average Bonchev–Trinajstić information content (AvgIpc) is 3.33. The molecule has 2 heterocycles. The van der Waals surface area contributed by atoms with E-state index in [-0.39, 0.29) is 11.7 Å². The molecule has 0 aliphatic heterocycles. The van der Waals surface area contributed by atoms with Gasteiger partial charge in [-0.25, -0.2) is 4.98 Å². The largest absolute Gasteiger partial charge is 0.351 e. The SMILES string of the molecule is CCCCCCn1c(SCC(=O)c2ccc(CNC(C)=O)s2)nc2ccccc21. The van der Waals surface area contributed by atoms with Gasteiger partial charge in [-0.2, -0.15) is 0 Å². The Bertz CT molecular complexity index is 978. The third-order valence-electron chi connectivity index (χ3n) is 4.64. The van der Waals surface area contributed by atoms with Crippen molar-refractivity contribution in [2.24, 2.45) is 0 Å². The van der Waals surface area contributed by atoms with Crippen molar-refractivity contribution in [3.63, 3.8) is 0 Å². The number of benzene rings is 1. The van der Waals surface area contributed by atoms with Crippen molar-refractivity contribution in [2.45, 2.75) is 57.8 Å². The van der Waals surface area contributed by atoms with Crippen LogP contribution in [0.1, 0.15) is 54.1 Å². The minimum atomic E-state index is -0.0697. The smallest absolute Gasteiger partial charge is 0.217 e. The lowest BCUT2D eigenvalue weighted by atomic mass is 10.2. The molecular weight excluding hydrogens is 402 g/mol. The first kappa shape index (κ1) is 21.6. The Hall–Kier alpha value is -2.12. The number of hydrogen-bond acceptors (Lipinski definition) is 5. The van der Waals surface area contributed by atoms with Gasteiger partial charge in [0, 0.05) is 18.3 Å². The van der Waals surface area contributed by atoms with Crippen LogP contribution in [0.25, 0.3) is 11.0 Å². The highest BCUT2D eigenvalue weighted by Gasteiger charge is 2.15. The molecule has 0 spiro atoms. The molecular formula is C22H27N3O2S2. The van der Waals surface area contributed by atoms with E-state index in [9.17, 15) is 9.59 Å². The molecule has 0 saturated heterocycles. The highest BCUT2D eigenvalue weighted by molar-refractivity contribution is 7.99. The number of aromatic nitrogens is 2. The molecule has 1 aromatic carbocycles. The van der Waals surface area contributed by atoms with Gasteiger partial charge in [-0.3, -0.25) is 9.59 Å². The van der Waals surface area contributed by atoms with Gasteiger partial charge in [0.15, 0.2) is 10.9 Å². The van der Waals surface area contributed by atoms with Gasteiger partial charge in [0.2, 0.25) is 5.91 Å². The molecule has 7 heteroatoms. The molecule has 0 aliphatic carbocycles. The molecule has 1 amide bonds. The molecule has 3 rings (SSSR count). The highest BCUT2D eigenvalue weighted by atomic mass is 32.2. The van der Waals surface area contributed by atoms with E-state index >= 15 is 0 Å². The number of thioether (sulfide) groups is 1. The van der Waals surface area contributed by atoms with Crippen molar-refractivity contribution in [1.82, 2.24) is 14.9 Å². The maximum Gasteiger partial charge on any atom is 0.217 e. The zero-order chi connectivity index (χ0) is 20.6. The van der Waals surface area contributed by atoms with E-state index in [0.29, 0.717) is 12.3 Å². The molecule has 0 atom stereocenters. The molecule has 2 aromatic heterocycles. The highest BCUT2D eigenvalue weighted by Crippen LogP contribution is 2.26. The zero-order valence-corrected chi connectivity index (χ0v) is 18.6. The first-order valence-electron chi connectivity index (χ1n) is 10.0. The molecule has 3 aromatic rings. The minimum Gasteiger partial charge on any atom is -0.351 e. The second-order valence-corrected chi connectivity index (χ2v) is 9.09. The molecule has 0 fully saturated rings. The van der Waals surface area contributed by atoms with Gasteiger partial charge < -0.3 is 9.88 Å². The molecule has 154 valence electrons. The number of rotatable bonds is 11. The number of imidazole rings is 1. The van der Waals surface area contributed by atoms with Crippen LogP contribution in [0, 0.1) is 0 Å². The summed E-state index contributed by atoms with van der Waals surface area (Å²) in [7, 11) is 0. The number of carbonyl (C=O) groups excluding carboxylic acids is 2. The lowest BCUT2D eigenvalue weighted by Crippen LogP contribution is -2.18. The van der Waals surface area contributed by atoms with Crippen molar-refractivity contribution >= 4 is 45.8 Å². The Morgan fingerprint density at radius 1 is 1.14 bits per heavy atom. The first-order chi connectivity index (χ1) is 14.1. The predicted molar refractivity (Wildman–Crippen MR) is 121 cm³/mol. The predicted octanol–water partition coefficient (Wildman–Crippen LogP) is 5.29. The Morgan fingerprint density at radius 3 is 2.76 bits per heavy atom. The van der Waals surface area contributed by atoms with E-state index in [1.807, 2.05) is 30.3 Å². The van der Waals surface area contributed by atoms with Gasteiger partial charge in [0.05, 0.1) is 28.2 Å². The number of amides is 1. The molecule has 1 N–H and O–H groups in total. The third kappa shape index (κ3) is 5.93. The zero-order valence-electron chi connectivity index (χ0n) is 16.9. The Balaban J connectivity index is 1.66. The van der Waals surface area contributed by atoms with Crippen molar-refractivity contribution in [1.29, 1.82) is 0 Å². The molecule has 0 radical (unpaired) electrons. The third-order valence-corrected chi connectivity index (χ3v) is 6.74. The maximum absolute atomic E-state index is 12.7. The average molecular weight is 430 g/mol. The minimum absolute atomic E-state index is 0.0697. The Labute approximate surface area is 179 Å². The van der Waals surface area contributed by atoms with Crippen LogP contribution in [0.2, 0.25) is 0 Å². The van der Waals surface area contributed by atoms with Crippen LogP contribution in [0.4, 0.5) is 0 Å². The van der Waals surface area contributed by atoms with Gasteiger partial charge in [0.25, 0.3) is 0 Å². The van der Waals surface area contributed by atoms with Crippen molar-refractivity contribution in [3.05, 3.63) is 46.2 Å². The van der Waals surface area contributed by atoms with Crippen molar-refractivity contribution < 1.29 is 9.59 Å². The Morgan fingerprint density at radius 2 is 1.97 bits per heavy atom. The molecule has 0 unspecified atom stereocenters. The summed E-state index contributed by atoms with van der Waals surface area (Å²) < 4.78 is 2.25. The summed E-state index contributed by atoms with van der Waals surface area (Å²) in [5.74, 6) is 0.386.